The fraction of sp³-hybridized carbons (Fsp3) is 0.182. The first-order valence-corrected chi connectivity index (χ1v) is 9.49. The summed E-state index contributed by atoms with van der Waals surface area (Å²) in [5.41, 5.74) is 4.02. The van der Waals surface area contributed by atoms with E-state index in [1.54, 1.807) is 12.1 Å². The van der Waals surface area contributed by atoms with Crippen LogP contribution >= 0.6 is 23.2 Å². The van der Waals surface area contributed by atoms with Crippen molar-refractivity contribution in [2.75, 3.05) is 5.32 Å². The van der Waals surface area contributed by atoms with Gasteiger partial charge in [0.2, 0.25) is 0 Å². The molecule has 0 aliphatic rings. The van der Waals surface area contributed by atoms with Gasteiger partial charge in [-0.25, -0.2) is 4.39 Å². The summed E-state index contributed by atoms with van der Waals surface area (Å²) in [5.74, 6) is 0.0994. The molecule has 1 N–H and O–H groups in total. The van der Waals surface area contributed by atoms with Crippen LogP contribution in [-0.4, -0.2) is 0 Å². The molecule has 0 heterocycles. The summed E-state index contributed by atoms with van der Waals surface area (Å²) in [4.78, 5) is 0. The monoisotopic (exact) mass is 403 g/mol. The molecule has 0 spiro atoms. The van der Waals surface area contributed by atoms with Crippen molar-refractivity contribution < 1.29 is 9.13 Å². The van der Waals surface area contributed by atoms with Gasteiger partial charge >= 0.3 is 0 Å². The molecule has 0 unspecified atom stereocenters. The Morgan fingerprint density at radius 1 is 0.926 bits per heavy atom. The normalized spacial score (nSPS) is 10.7. The lowest BCUT2D eigenvalue weighted by Gasteiger charge is -2.14. The Morgan fingerprint density at radius 2 is 1.67 bits per heavy atom. The van der Waals surface area contributed by atoms with E-state index in [4.69, 9.17) is 27.9 Å². The second-order valence-electron chi connectivity index (χ2n) is 6.17. The summed E-state index contributed by atoms with van der Waals surface area (Å²) in [6, 6.07) is 18.1. The van der Waals surface area contributed by atoms with E-state index in [1.807, 2.05) is 24.3 Å². The average molecular weight is 404 g/mol. The van der Waals surface area contributed by atoms with E-state index in [0.29, 0.717) is 27.9 Å². The van der Waals surface area contributed by atoms with Gasteiger partial charge in [-0.1, -0.05) is 60.5 Å². The van der Waals surface area contributed by atoms with Crippen LogP contribution < -0.4 is 10.1 Å². The molecule has 0 bridgehead atoms. The summed E-state index contributed by atoms with van der Waals surface area (Å²) in [6.07, 6.45) is 0.956. The third-order valence-electron chi connectivity index (χ3n) is 4.21. The molecule has 0 radical (unpaired) electrons. The van der Waals surface area contributed by atoms with Gasteiger partial charge in [-0.05, 0) is 53.4 Å². The zero-order valence-electron chi connectivity index (χ0n) is 14.9. The summed E-state index contributed by atoms with van der Waals surface area (Å²) in [7, 11) is 0. The molecule has 3 aromatic rings. The number of ether oxygens (including phenoxy) is 1. The van der Waals surface area contributed by atoms with E-state index in [9.17, 15) is 4.39 Å². The average Bonchev–Trinajstić information content (AvgIpc) is 2.66. The van der Waals surface area contributed by atoms with Gasteiger partial charge in [0.25, 0.3) is 0 Å². The summed E-state index contributed by atoms with van der Waals surface area (Å²) < 4.78 is 19.0. The van der Waals surface area contributed by atoms with Crippen LogP contribution in [0.4, 0.5) is 10.1 Å². The number of halogens is 3. The highest BCUT2D eigenvalue weighted by atomic mass is 35.5. The molecule has 0 saturated heterocycles. The summed E-state index contributed by atoms with van der Waals surface area (Å²) in [5, 5.41) is 4.28. The number of rotatable bonds is 7. The maximum Gasteiger partial charge on any atom is 0.156 e. The number of para-hydroxylation sites is 1. The molecule has 3 rings (SSSR count). The predicted octanol–water partition coefficient (Wildman–Crippen LogP) is 6.89. The van der Waals surface area contributed by atoms with E-state index in [2.05, 4.69) is 24.4 Å². The summed E-state index contributed by atoms with van der Waals surface area (Å²) >= 11 is 12.7. The van der Waals surface area contributed by atoms with Crippen LogP contribution in [0.2, 0.25) is 10.0 Å². The SMILES string of the molecule is CCc1ccccc1NCc1cc(Cl)c(OCc2cccc(F)c2)c(Cl)c1. The number of nitrogens with one attached hydrogen (secondary N) is 1. The van der Waals surface area contributed by atoms with Crippen molar-refractivity contribution in [1.29, 1.82) is 0 Å². The topological polar surface area (TPSA) is 21.3 Å². The molecule has 0 aromatic heterocycles. The molecule has 0 atom stereocenters. The van der Waals surface area contributed by atoms with Gasteiger partial charge in [-0.3, -0.25) is 0 Å². The van der Waals surface area contributed by atoms with Crippen molar-refractivity contribution in [3.8, 4) is 5.75 Å². The largest absolute Gasteiger partial charge is 0.486 e. The lowest BCUT2D eigenvalue weighted by molar-refractivity contribution is 0.306. The smallest absolute Gasteiger partial charge is 0.156 e. The molecule has 140 valence electrons. The highest BCUT2D eigenvalue weighted by molar-refractivity contribution is 6.37. The van der Waals surface area contributed by atoms with Crippen molar-refractivity contribution in [1.82, 2.24) is 0 Å². The van der Waals surface area contributed by atoms with Gasteiger partial charge in [0, 0.05) is 12.2 Å². The Hall–Kier alpha value is -2.23. The lowest BCUT2D eigenvalue weighted by atomic mass is 10.1. The molecule has 3 aromatic carbocycles. The lowest BCUT2D eigenvalue weighted by Crippen LogP contribution is -2.03. The maximum absolute atomic E-state index is 13.3. The Morgan fingerprint density at radius 3 is 2.37 bits per heavy atom. The molecule has 0 saturated carbocycles. The highest BCUT2D eigenvalue weighted by Crippen LogP contribution is 2.35. The Kier molecular flexibility index (Phi) is 6.59. The van der Waals surface area contributed by atoms with Crippen LogP contribution in [0, 0.1) is 5.82 Å². The molecule has 0 aliphatic heterocycles. The van der Waals surface area contributed by atoms with E-state index >= 15 is 0 Å². The minimum absolute atomic E-state index is 0.193. The molecule has 5 heteroatoms. The summed E-state index contributed by atoms with van der Waals surface area (Å²) in [6.45, 7) is 2.91. The molecule has 0 fully saturated rings. The Bertz CT molecular complexity index is 907. The molecular formula is C22H20Cl2FNO. The maximum atomic E-state index is 13.3. The molecular weight excluding hydrogens is 384 g/mol. The zero-order chi connectivity index (χ0) is 19.2. The minimum Gasteiger partial charge on any atom is -0.486 e. The van der Waals surface area contributed by atoms with Crippen molar-refractivity contribution in [3.63, 3.8) is 0 Å². The molecule has 27 heavy (non-hydrogen) atoms. The highest BCUT2D eigenvalue weighted by Gasteiger charge is 2.11. The van der Waals surface area contributed by atoms with Crippen LogP contribution in [0.5, 0.6) is 5.75 Å². The predicted molar refractivity (Wildman–Crippen MR) is 110 cm³/mol. The number of benzene rings is 3. The standard InChI is InChI=1S/C22H20Cl2FNO/c1-2-17-7-3-4-9-21(17)26-13-16-11-19(23)22(20(24)12-16)27-14-15-6-5-8-18(25)10-15/h3-12,26H,2,13-14H2,1H3. The van der Waals surface area contributed by atoms with E-state index in [-0.39, 0.29) is 12.4 Å². The van der Waals surface area contributed by atoms with Crippen molar-refractivity contribution in [2.45, 2.75) is 26.5 Å². The van der Waals surface area contributed by atoms with Crippen LogP contribution in [0.1, 0.15) is 23.6 Å². The van der Waals surface area contributed by atoms with E-state index in [1.165, 1.54) is 17.7 Å². The molecule has 0 amide bonds. The number of hydrogen-bond acceptors (Lipinski definition) is 2. The van der Waals surface area contributed by atoms with Gasteiger partial charge in [0.05, 0.1) is 10.0 Å². The van der Waals surface area contributed by atoms with Crippen molar-refractivity contribution in [2.24, 2.45) is 0 Å². The van der Waals surface area contributed by atoms with Gasteiger partial charge < -0.3 is 10.1 Å². The van der Waals surface area contributed by atoms with Gasteiger partial charge in [-0.2, -0.15) is 0 Å². The van der Waals surface area contributed by atoms with E-state index in [0.717, 1.165) is 17.7 Å². The first-order valence-electron chi connectivity index (χ1n) is 8.73. The molecule has 0 aliphatic carbocycles. The fourth-order valence-electron chi connectivity index (χ4n) is 2.83. The van der Waals surface area contributed by atoms with Gasteiger partial charge in [0.15, 0.2) is 5.75 Å². The van der Waals surface area contributed by atoms with E-state index < -0.39 is 0 Å². The first-order chi connectivity index (χ1) is 13.1. The van der Waals surface area contributed by atoms with Gasteiger partial charge in [-0.15, -0.1) is 0 Å². The number of hydrogen-bond donors (Lipinski definition) is 1. The van der Waals surface area contributed by atoms with Crippen LogP contribution in [0.25, 0.3) is 0 Å². The third-order valence-corrected chi connectivity index (χ3v) is 4.77. The van der Waals surface area contributed by atoms with Crippen LogP contribution in [0.3, 0.4) is 0 Å². The van der Waals surface area contributed by atoms with Crippen molar-refractivity contribution >= 4 is 28.9 Å². The van der Waals surface area contributed by atoms with Gasteiger partial charge in [0.1, 0.15) is 12.4 Å². The zero-order valence-corrected chi connectivity index (χ0v) is 16.4. The fourth-order valence-corrected chi connectivity index (χ4v) is 3.47. The second kappa shape index (κ2) is 9.12. The number of aryl methyl sites for hydroxylation is 1. The Labute approximate surface area is 168 Å². The molecule has 2 nitrogen and oxygen atoms in total. The first kappa shape index (κ1) is 19.5. The van der Waals surface area contributed by atoms with Crippen LogP contribution in [0.15, 0.2) is 60.7 Å². The second-order valence-corrected chi connectivity index (χ2v) is 6.99. The quantitative estimate of drug-likeness (QED) is 0.463. The van der Waals surface area contributed by atoms with Crippen molar-refractivity contribution in [3.05, 3.63) is 93.2 Å². The minimum atomic E-state index is -0.304. The van der Waals surface area contributed by atoms with Crippen LogP contribution in [-0.2, 0) is 19.6 Å². The third kappa shape index (κ3) is 5.15. The number of anilines is 1. The Balaban J connectivity index is 1.69.